The van der Waals surface area contributed by atoms with Gasteiger partial charge in [-0.05, 0) is 19.9 Å². The molecule has 0 spiro atoms. The molecule has 0 aromatic carbocycles. The van der Waals surface area contributed by atoms with E-state index in [9.17, 15) is 0 Å². The van der Waals surface area contributed by atoms with E-state index in [4.69, 9.17) is 4.52 Å². The second kappa shape index (κ2) is 3.38. The van der Waals surface area contributed by atoms with Crippen molar-refractivity contribution < 1.29 is 4.52 Å². The molecule has 0 unspecified atom stereocenters. The van der Waals surface area contributed by atoms with E-state index in [0.29, 0.717) is 0 Å². The minimum atomic E-state index is 0.800. The number of hydrogen-bond acceptors (Lipinski definition) is 5. The molecule has 0 aliphatic rings. The third kappa shape index (κ3) is 1.32. The zero-order chi connectivity index (χ0) is 11.1. The lowest BCUT2D eigenvalue weighted by Gasteiger charge is -1.98. The first-order valence-electron chi connectivity index (χ1n) is 4.88. The summed E-state index contributed by atoms with van der Waals surface area (Å²) in [5, 5.41) is 3.93. The van der Waals surface area contributed by atoms with Gasteiger partial charge in [0, 0.05) is 0 Å². The Balaban J connectivity index is 2.25. The summed E-state index contributed by atoms with van der Waals surface area (Å²) in [7, 11) is 0. The molecule has 0 N–H and O–H groups in total. The fraction of sp³-hybridized carbons (Fsp3) is 0.182. The van der Waals surface area contributed by atoms with Gasteiger partial charge in [0.2, 0.25) is 0 Å². The van der Waals surface area contributed by atoms with E-state index in [-0.39, 0.29) is 0 Å². The summed E-state index contributed by atoms with van der Waals surface area (Å²) in [5.74, 6) is 0.800. The van der Waals surface area contributed by atoms with Crippen molar-refractivity contribution in [1.29, 1.82) is 0 Å². The summed E-state index contributed by atoms with van der Waals surface area (Å²) >= 11 is 1.61. The largest absolute Gasteiger partial charge is 0.361 e. The van der Waals surface area contributed by atoms with Crippen LogP contribution in [-0.2, 0) is 0 Å². The quantitative estimate of drug-likeness (QED) is 0.646. The molecule has 16 heavy (non-hydrogen) atoms. The molecular weight excluding hydrogens is 222 g/mol. The summed E-state index contributed by atoms with van der Waals surface area (Å²) in [6.45, 7) is 3.82. The van der Waals surface area contributed by atoms with Gasteiger partial charge in [-0.15, -0.1) is 11.3 Å². The van der Waals surface area contributed by atoms with Gasteiger partial charge in [0.1, 0.15) is 5.76 Å². The second-order valence-corrected chi connectivity index (χ2v) is 4.48. The third-order valence-corrected chi connectivity index (χ3v) is 3.30. The van der Waals surface area contributed by atoms with Crippen LogP contribution in [0.3, 0.4) is 0 Å². The van der Waals surface area contributed by atoms with Crippen LogP contribution in [0.2, 0.25) is 0 Å². The summed E-state index contributed by atoms with van der Waals surface area (Å²) < 4.78 is 6.27. The maximum absolute atomic E-state index is 5.14. The summed E-state index contributed by atoms with van der Waals surface area (Å²) in [5.41, 5.74) is 5.50. The molecule has 3 aromatic rings. The molecule has 0 bridgehead atoms. The molecule has 0 aliphatic heterocycles. The number of thiazole rings is 1. The molecule has 5 heteroatoms. The molecule has 0 fully saturated rings. The highest BCUT2D eigenvalue weighted by Gasteiger charge is 2.13. The Kier molecular flexibility index (Phi) is 2.00. The molecule has 0 atom stereocenters. The number of aromatic nitrogens is 3. The molecule has 3 aromatic heterocycles. The molecule has 4 nitrogen and oxygen atoms in total. The summed E-state index contributed by atoms with van der Waals surface area (Å²) in [6, 6.07) is 2.03. The van der Waals surface area contributed by atoms with E-state index in [2.05, 4.69) is 15.1 Å². The van der Waals surface area contributed by atoms with Crippen molar-refractivity contribution in [2.24, 2.45) is 0 Å². The molecule has 3 rings (SSSR count). The van der Waals surface area contributed by atoms with Crippen molar-refractivity contribution >= 4 is 21.6 Å². The van der Waals surface area contributed by atoms with Gasteiger partial charge in [-0.25, -0.2) is 4.98 Å². The molecule has 0 saturated heterocycles. The Bertz CT molecular complexity index is 637. The smallest absolute Gasteiger partial charge is 0.143 e. The van der Waals surface area contributed by atoms with Gasteiger partial charge in [-0.3, -0.25) is 4.98 Å². The summed E-state index contributed by atoms with van der Waals surface area (Å²) in [4.78, 5) is 8.59. The van der Waals surface area contributed by atoms with Crippen molar-refractivity contribution in [3.05, 3.63) is 29.2 Å². The first-order valence-corrected chi connectivity index (χ1v) is 5.76. The van der Waals surface area contributed by atoms with Gasteiger partial charge in [0.05, 0.1) is 38.9 Å². The molecule has 0 radical (unpaired) electrons. The zero-order valence-electron chi connectivity index (χ0n) is 8.89. The van der Waals surface area contributed by atoms with Crippen molar-refractivity contribution in [2.75, 3.05) is 0 Å². The Hall–Kier alpha value is -1.75. The van der Waals surface area contributed by atoms with E-state index in [0.717, 1.165) is 32.9 Å². The van der Waals surface area contributed by atoms with Crippen LogP contribution >= 0.6 is 11.3 Å². The first kappa shape index (κ1) is 9.47. The lowest BCUT2D eigenvalue weighted by molar-refractivity contribution is 0.393. The van der Waals surface area contributed by atoms with E-state index in [1.165, 1.54) is 0 Å². The normalized spacial score (nSPS) is 11.1. The maximum atomic E-state index is 5.14. The fourth-order valence-electron chi connectivity index (χ4n) is 1.75. The topological polar surface area (TPSA) is 51.8 Å². The van der Waals surface area contributed by atoms with Gasteiger partial charge < -0.3 is 4.52 Å². The average Bonchev–Trinajstić information content (AvgIpc) is 2.85. The minimum Gasteiger partial charge on any atom is -0.361 e. The molecule has 0 saturated carbocycles. The van der Waals surface area contributed by atoms with Crippen LogP contribution in [-0.4, -0.2) is 15.1 Å². The molecule has 80 valence electrons. The van der Waals surface area contributed by atoms with Crippen LogP contribution in [0.15, 0.2) is 22.3 Å². The maximum Gasteiger partial charge on any atom is 0.143 e. The molecule has 0 aliphatic carbocycles. The van der Waals surface area contributed by atoms with Gasteiger partial charge in [-0.1, -0.05) is 5.16 Å². The number of rotatable bonds is 1. The second-order valence-electron chi connectivity index (χ2n) is 3.59. The van der Waals surface area contributed by atoms with Crippen LogP contribution in [0, 0.1) is 13.8 Å². The van der Waals surface area contributed by atoms with E-state index in [1.54, 1.807) is 17.5 Å². The van der Waals surface area contributed by atoms with Crippen LogP contribution < -0.4 is 0 Å². The molecular formula is C11H9N3OS. The summed E-state index contributed by atoms with van der Waals surface area (Å²) in [6.07, 6.45) is 1.78. The molecule has 0 amide bonds. The van der Waals surface area contributed by atoms with Gasteiger partial charge in [-0.2, -0.15) is 0 Å². The van der Waals surface area contributed by atoms with Crippen LogP contribution in [0.1, 0.15) is 11.5 Å². The lowest BCUT2D eigenvalue weighted by atomic mass is 10.1. The highest BCUT2D eigenvalue weighted by Crippen LogP contribution is 2.28. The Morgan fingerprint density at radius 1 is 1.25 bits per heavy atom. The van der Waals surface area contributed by atoms with E-state index >= 15 is 0 Å². The zero-order valence-corrected chi connectivity index (χ0v) is 9.71. The Morgan fingerprint density at radius 2 is 2.12 bits per heavy atom. The predicted octanol–water partition coefficient (Wildman–Crippen LogP) is 2.96. The van der Waals surface area contributed by atoms with Crippen LogP contribution in [0.25, 0.3) is 21.5 Å². The van der Waals surface area contributed by atoms with Crippen molar-refractivity contribution in [3.63, 3.8) is 0 Å². The number of pyridine rings is 1. The van der Waals surface area contributed by atoms with E-state index in [1.807, 2.05) is 25.4 Å². The SMILES string of the molecule is Cc1noc(C)c1-c1cc2scnc2cn1. The van der Waals surface area contributed by atoms with Gasteiger partial charge >= 0.3 is 0 Å². The highest BCUT2D eigenvalue weighted by molar-refractivity contribution is 7.16. The highest BCUT2D eigenvalue weighted by atomic mass is 32.1. The predicted molar refractivity (Wildman–Crippen MR) is 62.4 cm³/mol. The van der Waals surface area contributed by atoms with Gasteiger partial charge in [0.25, 0.3) is 0 Å². The Morgan fingerprint density at radius 3 is 2.88 bits per heavy atom. The number of nitrogens with zero attached hydrogens (tertiary/aromatic N) is 3. The number of aryl methyl sites for hydroxylation is 2. The third-order valence-electron chi connectivity index (χ3n) is 2.51. The fourth-order valence-corrected chi connectivity index (χ4v) is 2.43. The Labute approximate surface area is 95.9 Å². The van der Waals surface area contributed by atoms with Crippen LogP contribution in [0.4, 0.5) is 0 Å². The van der Waals surface area contributed by atoms with Crippen LogP contribution in [0.5, 0.6) is 0 Å². The number of hydrogen-bond donors (Lipinski definition) is 0. The van der Waals surface area contributed by atoms with Crippen molar-refractivity contribution in [2.45, 2.75) is 13.8 Å². The standard InChI is InChI=1S/C11H9N3OS/c1-6-11(7(2)15-14-6)8-3-10-9(4-12-8)13-5-16-10/h3-5H,1-2H3. The number of fused-ring (bicyclic) bond motifs is 1. The van der Waals surface area contributed by atoms with Crippen molar-refractivity contribution in [3.8, 4) is 11.3 Å². The first-order chi connectivity index (χ1) is 7.75. The lowest BCUT2D eigenvalue weighted by Crippen LogP contribution is -1.85. The average molecular weight is 231 g/mol. The van der Waals surface area contributed by atoms with Crippen molar-refractivity contribution in [1.82, 2.24) is 15.1 Å². The van der Waals surface area contributed by atoms with E-state index < -0.39 is 0 Å². The molecule has 3 heterocycles. The monoisotopic (exact) mass is 231 g/mol. The minimum absolute atomic E-state index is 0.800. The van der Waals surface area contributed by atoms with Gasteiger partial charge in [0.15, 0.2) is 0 Å².